The molecule has 5 nitrogen and oxygen atoms in total. The largest absolute Gasteiger partial charge is 0.478 e. The highest BCUT2D eigenvalue weighted by Gasteiger charge is 2.16. The molecule has 1 aromatic rings. The third-order valence-electron chi connectivity index (χ3n) is 5.58. The minimum Gasteiger partial charge on any atom is -0.478 e. The molecule has 0 aliphatic heterocycles. The Morgan fingerprint density at radius 1 is 0.677 bits per heavy atom. The number of benzene rings is 1. The number of hydrogen-bond acceptors (Lipinski definition) is 4. The highest BCUT2D eigenvalue weighted by Crippen LogP contribution is 2.14. The Morgan fingerprint density at radius 2 is 1.10 bits per heavy atom. The van der Waals surface area contributed by atoms with Crippen LogP contribution < -0.4 is 0 Å². The Bertz CT molecular complexity index is 626. The molecule has 174 valence electrons. The van der Waals surface area contributed by atoms with E-state index in [9.17, 15) is 14.4 Å². The minimum atomic E-state index is -1.12. The molecule has 0 heterocycles. The first-order valence-corrected chi connectivity index (χ1v) is 12.1. The summed E-state index contributed by atoms with van der Waals surface area (Å²) in [6.07, 6.45) is 20.0. The summed E-state index contributed by atoms with van der Waals surface area (Å²) in [6.45, 7) is 0.337. The average molecular weight is 433 g/mol. The smallest absolute Gasteiger partial charge is 0.339 e. The van der Waals surface area contributed by atoms with E-state index in [2.05, 4.69) is 0 Å². The maximum absolute atomic E-state index is 12.0. The van der Waals surface area contributed by atoms with E-state index in [1.54, 1.807) is 12.1 Å². The summed E-state index contributed by atoms with van der Waals surface area (Å²) < 4.78 is 5.23. The van der Waals surface area contributed by atoms with E-state index in [0.29, 0.717) is 6.61 Å². The van der Waals surface area contributed by atoms with E-state index >= 15 is 0 Å². The van der Waals surface area contributed by atoms with Crippen LogP contribution in [0.2, 0.25) is 0 Å². The topological polar surface area (TPSA) is 80.7 Å². The van der Waals surface area contributed by atoms with Crippen LogP contribution in [0.5, 0.6) is 0 Å². The standard InChI is InChI=1S/C26H40O5/c27-21-17-13-11-9-7-5-3-1-2-4-6-8-10-12-14-18-22-31-26(30)24-20-16-15-19-23(24)25(28)29/h15-16,19-21H,1-14,17-18,22H2,(H,28,29). The second-order valence-electron chi connectivity index (χ2n) is 8.25. The summed E-state index contributed by atoms with van der Waals surface area (Å²) in [4.78, 5) is 33.4. The molecule has 0 fully saturated rings. The number of rotatable bonds is 20. The van der Waals surface area contributed by atoms with Gasteiger partial charge in [-0.3, -0.25) is 0 Å². The summed E-state index contributed by atoms with van der Waals surface area (Å²) >= 11 is 0. The SMILES string of the molecule is O=CCCCCCCCCCCCCCCCCCOC(=O)c1ccccc1C(=O)O. The zero-order valence-electron chi connectivity index (χ0n) is 19.0. The molecule has 1 aromatic carbocycles. The van der Waals surface area contributed by atoms with Gasteiger partial charge in [-0.1, -0.05) is 95.6 Å². The Balaban J connectivity index is 1.87. The van der Waals surface area contributed by atoms with Crippen LogP contribution in [0.1, 0.15) is 123 Å². The van der Waals surface area contributed by atoms with Gasteiger partial charge in [0, 0.05) is 6.42 Å². The van der Waals surface area contributed by atoms with Crippen molar-refractivity contribution < 1.29 is 24.2 Å². The number of esters is 1. The molecule has 31 heavy (non-hydrogen) atoms. The number of hydrogen-bond donors (Lipinski definition) is 1. The third-order valence-corrected chi connectivity index (χ3v) is 5.58. The molecule has 5 heteroatoms. The highest BCUT2D eigenvalue weighted by atomic mass is 16.5. The summed E-state index contributed by atoms with van der Waals surface area (Å²) in [6, 6.07) is 6.15. The quantitative estimate of drug-likeness (QED) is 0.136. The Labute approximate surface area is 187 Å². The predicted octanol–water partition coefficient (Wildman–Crippen LogP) is 6.98. The third kappa shape index (κ3) is 13.7. The summed E-state index contributed by atoms with van der Waals surface area (Å²) in [5.74, 6) is -1.68. The van der Waals surface area contributed by atoms with Crippen LogP contribution in [-0.2, 0) is 9.53 Å². The van der Waals surface area contributed by atoms with Crippen molar-refractivity contribution in [1.82, 2.24) is 0 Å². The van der Waals surface area contributed by atoms with Crippen molar-refractivity contribution in [3.8, 4) is 0 Å². The van der Waals surface area contributed by atoms with Crippen molar-refractivity contribution in [3.63, 3.8) is 0 Å². The molecule has 1 rings (SSSR count). The molecule has 0 amide bonds. The lowest BCUT2D eigenvalue weighted by molar-refractivity contribution is -0.107. The van der Waals surface area contributed by atoms with Crippen LogP contribution in [0.15, 0.2) is 24.3 Å². The minimum absolute atomic E-state index is 0.0152. The van der Waals surface area contributed by atoms with Gasteiger partial charge in [0.25, 0.3) is 0 Å². The fourth-order valence-corrected chi connectivity index (χ4v) is 3.72. The lowest BCUT2D eigenvalue weighted by atomic mass is 10.0. The molecule has 0 bridgehead atoms. The van der Waals surface area contributed by atoms with Gasteiger partial charge in [0.15, 0.2) is 0 Å². The lowest BCUT2D eigenvalue weighted by Crippen LogP contribution is -2.12. The molecular formula is C26H40O5. The molecule has 0 atom stereocenters. The molecule has 0 radical (unpaired) electrons. The van der Waals surface area contributed by atoms with E-state index in [4.69, 9.17) is 9.84 Å². The normalized spacial score (nSPS) is 10.7. The summed E-state index contributed by atoms with van der Waals surface area (Å²) in [5, 5.41) is 9.13. The predicted molar refractivity (Wildman–Crippen MR) is 124 cm³/mol. The Kier molecular flexibility index (Phi) is 16.1. The zero-order valence-corrected chi connectivity index (χ0v) is 19.0. The van der Waals surface area contributed by atoms with Gasteiger partial charge in [-0.05, 0) is 25.0 Å². The Morgan fingerprint density at radius 3 is 1.55 bits per heavy atom. The first-order valence-electron chi connectivity index (χ1n) is 12.1. The molecule has 0 spiro atoms. The molecular weight excluding hydrogens is 392 g/mol. The molecule has 1 N–H and O–H groups in total. The molecule has 0 saturated carbocycles. The summed E-state index contributed by atoms with van der Waals surface area (Å²) in [7, 11) is 0. The first-order chi connectivity index (χ1) is 15.2. The number of unbranched alkanes of at least 4 members (excludes halogenated alkanes) is 15. The average Bonchev–Trinajstić information content (AvgIpc) is 2.78. The molecule has 0 unspecified atom stereocenters. The number of carboxylic acid groups (broad SMARTS) is 1. The van der Waals surface area contributed by atoms with Crippen LogP contribution in [-0.4, -0.2) is 29.9 Å². The number of aldehydes is 1. The number of ether oxygens (including phenoxy) is 1. The number of carbonyl (C=O) groups is 3. The van der Waals surface area contributed by atoms with Crippen molar-refractivity contribution >= 4 is 18.2 Å². The van der Waals surface area contributed by atoms with Crippen LogP contribution in [0.4, 0.5) is 0 Å². The van der Waals surface area contributed by atoms with Gasteiger partial charge in [0.2, 0.25) is 0 Å². The van der Waals surface area contributed by atoms with E-state index in [-0.39, 0.29) is 11.1 Å². The molecule has 0 aliphatic rings. The van der Waals surface area contributed by atoms with Gasteiger partial charge < -0.3 is 14.6 Å². The van der Waals surface area contributed by atoms with Crippen molar-refractivity contribution in [2.24, 2.45) is 0 Å². The summed E-state index contributed by atoms with van der Waals surface area (Å²) in [5.41, 5.74) is 0.100. The van der Waals surface area contributed by atoms with Crippen LogP contribution >= 0.6 is 0 Å². The van der Waals surface area contributed by atoms with Crippen molar-refractivity contribution in [2.75, 3.05) is 6.61 Å². The van der Waals surface area contributed by atoms with E-state index in [1.807, 2.05) is 0 Å². The van der Waals surface area contributed by atoms with E-state index < -0.39 is 11.9 Å². The maximum atomic E-state index is 12.0. The van der Waals surface area contributed by atoms with E-state index in [1.165, 1.54) is 82.8 Å². The van der Waals surface area contributed by atoms with Crippen molar-refractivity contribution in [3.05, 3.63) is 35.4 Å². The fourth-order valence-electron chi connectivity index (χ4n) is 3.72. The van der Waals surface area contributed by atoms with Gasteiger partial charge >= 0.3 is 11.9 Å². The molecule has 0 aromatic heterocycles. The zero-order chi connectivity index (χ0) is 22.6. The monoisotopic (exact) mass is 432 g/mol. The van der Waals surface area contributed by atoms with Crippen molar-refractivity contribution in [2.45, 2.75) is 103 Å². The second kappa shape index (κ2) is 18.6. The van der Waals surface area contributed by atoms with Gasteiger partial charge in [-0.25, -0.2) is 9.59 Å². The number of aromatic carboxylic acids is 1. The van der Waals surface area contributed by atoms with E-state index in [0.717, 1.165) is 38.4 Å². The van der Waals surface area contributed by atoms with Gasteiger partial charge in [0.1, 0.15) is 6.29 Å². The number of carboxylic acids is 1. The highest BCUT2D eigenvalue weighted by molar-refractivity contribution is 6.02. The van der Waals surface area contributed by atoms with Crippen LogP contribution in [0, 0.1) is 0 Å². The molecule has 0 saturated heterocycles. The maximum Gasteiger partial charge on any atom is 0.339 e. The molecule has 0 aliphatic carbocycles. The fraction of sp³-hybridized carbons (Fsp3) is 0.654. The lowest BCUT2D eigenvalue weighted by Gasteiger charge is -2.07. The van der Waals surface area contributed by atoms with Gasteiger partial charge in [-0.2, -0.15) is 0 Å². The van der Waals surface area contributed by atoms with Crippen LogP contribution in [0.25, 0.3) is 0 Å². The van der Waals surface area contributed by atoms with Gasteiger partial charge in [-0.15, -0.1) is 0 Å². The van der Waals surface area contributed by atoms with Crippen LogP contribution in [0.3, 0.4) is 0 Å². The van der Waals surface area contributed by atoms with Gasteiger partial charge in [0.05, 0.1) is 17.7 Å². The second-order valence-corrected chi connectivity index (χ2v) is 8.25. The number of carbonyl (C=O) groups excluding carboxylic acids is 2. The van der Waals surface area contributed by atoms with Crippen molar-refractivity contribution in [1.29, 1.82) is 0 Å². The Hall–Kier alpha value is -2.17. The first kappa shape index (κ1) is 26.9.